The van der Waals surface area contributed by atoms with Crippen LogP contribution in [0.4, 0.5) is 0 Å². The Hall–Kier alpha value is -1.94. The summed E-state index contributed by atoms with van der Waals surface area (Å²) in [5.74, 6) is -0.929. The molecular weight excluding hydrogens is 499 g/mol. The maximum Gasteiger partial charge on any atom is 0.297 e. The summed E-state index contributed by atoms with van der Waals surface area (Å²) in [6, 6.07) is 12.0. The van der Waals surface area contributed by atoms with Crippen molar-refractivity contribution in [1.82, 2.24) is 9.55 Å². The van der Waals surface area contributed by atoms with Crippen LogP contribution >= 0.6 is 23.2 Å². The Morgan fingerprint density at radius 1 is 1.21 bits per heavy atom. The number of halogens is 2. The van der Waals surface area contributed by atoms with E-state index in [-0.39, 0.29) is 18.1 Å². The van der Waals surface area contributed by atoms with E-state index in [1.165, 1.54) is 12.1 Å². The zero-order valence-electron chi connectivity index (χ0n) is 18.7. The third kappa shape index (κ3) is 6.38. The van der Waals surface area contributed by atoms with E-state index in [0.717, 1.165) is 24.0 Å². The highest BCUT2D eigenvalue weighted by Gasteiger charge is 2.42. The minimum absolute atomic E-state index is 0.113. The normalized spacial score (nSPS) is 20.6. The van der Waals surface area contributed by atoms with Gasteiger partial charge in [0.25, 0.3) is 10.1 Å². The fourth-order valence-corrected chi connectivity index (χ4v) is 5.30. The average molecular weight is 525 g/mol. The van der Waals surface area contributed by atoms with Gasteiger partial charge >= 0.3 is 0 Å². The van der Waals surface area contributed by atoms with Crippen LogP contribution in [0.15, 0.2) is 66.1 Å². The van der Waals surface area contributed by atoms with Crippen molar-refractivity contribution in [2.75, 3.05) is 13.2 Å². The van der Waals surface area contributed by atoms with Crippen LogP contribution in [-0.2, 0) is 36.7 Å². The van der Waals surface area contributed by atoms with Crippen molar-refractivity contribution in [1.29, 1.82) is 0 Å². The molecule has 0 radical (unpaired) electrons. The maximum absolute atomic E-state index is 12.5. The molecule has 10 heteroatoms. The summed E-state index contributed by atoms with van der Waals surface area (Å²) >= 11 is 12.3. The fraction of sp³-hybridized carbons (Fsp3) is 0.375. The van der Waals surface area contributed by atoms with Gasteiger partial charge in [0.1, 0.15) is 6.10 Å². The largest absolute Gasteiger partial charge is 0.345 e. The van der Waals surface area contributed by atoms with Gasteiger partial charge in [-0.15, -0.1) is 0 Å². The van der Waals surface area contributed by atoms with E-state index in [1.807, 2.05) is 29.8 Å². The number of benzene rings is 2. The highest BCUT2D eigenvalue weighted by Crippen LogP contribution is 2.32. The molecule has 1 aliphatic heterocycles. The van der Waals surface area contributed by atoms with Crippen LogP contribution in [0.2, 0.25) is 10.0 Å². The van der Waals surface area contributed by atoms with E-state index in [2.05, 4.69) is 4.98 Å². The summed E-state index contributed by atoms with van der Waals surface area (Å²) in [6.07, 6.45) is 6.72. The molecule has 2 atom stereocenters. The van der Waals surface area contributed by atoms with Gasteiger partial charge in [0.2, 0.25) is 0 Å². The summed E-state index contributed by atoms with van der Waals surface area (Å²) in [6.45, 7) is 2.40. The van der Waals surface area contributed by atoms with Crippen LogP contribution in [0.3, 0.4) is 0 Å². The van der Waals surface area contributed by atoms with Gasteiger partial charge in [0.15, 0.2) is 5.79 Å². The number of aromatic nitrogens is 2. The molecule has 0 aliphatic carbocycles. The van der Waals surface area contributed by atoms with Gasteiger partial charge in [-0.25, -0.2) is 4.98 Å². The molecule has 2 aromatic carbocycles. The minimum Gasteiger partial charge on any atom is -0.345 e. The minimum atomic E-state index is -3.89. The van der Waals surface area contributed by atoms with Crippen LogP contribution in [0.25, 0.3) is 0 Å². The van der Waals surface area contributed by atoms with E-state index >= 15 is 0 Å². The predicted molar refractivity (Wildman–Crippen MR) is 129 cm³/mol. The molecule has 182 valence electrons. The smallest absolute Gasteiger partial charge is 0.297 e. The summed E-state index contributed by atoms with van der Waals surface area (Å²) in [5, 5.41) is 1.22. The molecule has 0 bridgehead atoms. The van der Waals surface area contributed by atoms with Crippen LogP contribution in [-0.4, -0.2) is 43.1 Å². The molecule has 0 spiro atoms. The second-order valence-corrected chi connectivity index (χ2v) is 10.8. The van der Waals surface area contributed by atoms with Crippen LogP contribution in [0, 0.1) is 6.92 Å². The number of hydrogen-bond donors (Lipinski definition) is 0. The lowest BCUT2D eigenvalue weighted by Gasteiger charge is -2.28. The highest BCUT2D eigenvalue weighted by molar-refractivity contribution is 7.86. The first kappa shape index (κ1) is 25.2. The van der Waals surface area contributed by atoms with Crippen molar-refractivity contribution < 1.29 is 22.1 Å². The van der Waals surface area contributed by atoms with Crippen molar-refractivity contribution in [3.63, 3.8) is 0 Å². The lowest BCUT2D eigenvalue weighted by molar-refractivity contribution is -0.185. The van der Waals surface area contributed by atoms with Gasteiger partial charge in [-0.3, -0.25) is 4.18 Å². The quantitative estimate of drug-likeness (QED) is 0.345. The van der Waals surface area contributed by atoms with E-state index in [9.17, 15) is 8.42 Å². The predicted octanol–water partition coefficient (Wildman–Crippen LogP) is 5.04. The third-order valence-electron chi connectivity index (χ3n) is 5.63. The summed E-state index contributed by atoms with van der Waals surface area (Å²) < 4.78 is 44.6. The van der Waals surface area contributed by atoms with E-state index in [1.54, 1.807) is 30.7 Å². The molecule has 3 aromatic rings. The van der Waals surface area contributed by atoms with Crippen LogP contribution in [0.1, 0.15) is 24.0 Å². The third-order valence-corrected chi connectivity index (χ3v) is 7.52. The van der Waals surface area contributed by atoms with Gasteiger partial charge in [-0.05, 0) is 49.6 Å². The topological polar surface area (TPSA) is 79.7 Å². The van der Waals surface area contributed by atoms with Crippen LogP contribution < -0.4 is 0 Å². The fourth-order valence-electron chi connectivity index (χ4n) is 3.86. The number of rotatable bonds is 10. The first-order valence-electron chi connectivity index (χ1n) is 10.9. The molecule has 1 fully saturated rings. The monoisotopic (exact) mass is 524 g/mol. The van der Waals surface area contributed by atoms with Crippen LogP contribution in [0.5, 0.6) is 0 Å². The van der Waals surface area contributed by atoms with Crippen molar-refractivity contribution in [3.05, 3.63) is 82.4 Å². The number of hydrogen-bond acceptors (Lipinski definition) is 6. The Labute approximate surface area is 209 Å². The zero-order valence-corrected chi connectivity index (χ0v) is 21.0. The van der Waals surface area contributed by atoms with Gasteiger partial charge in [-0.1, -0.05) is 47.0 Å². The SMILES string of the molecule is Cc1ccc(S(=O)(=O)OCC2COC(CCCc3ccc(Cl)cc3Cl)(Cn3ccnc3)O2)cc1. The second-order valence-electron chi connectivity index (χ2n) is 8.34. The second kappa shape index (κ2) is 10.8. The molecule has 2 heterocycles. The highest BCUT2D eigenvalue weighted by atomic mass is 35.5. The number of aryl methyl sites for hydroxylation is 2. The lowest BCUT2D eigenvalue weighted by Crippen LogP contribution is -2.37. The molecule has 0 N–H and O–H groups in total. The standard InChI is InChI=1S/C24H26Cl2N2O5S/c1-18-4-8-22(9-5-18)34(29,30)32-15-21-14-31-24(33-21,16-28-12-11-27-17-28)10-2-3-19-6-7-20(25)13-23(19)26/h4-9,11-13,17,21H,2-3,10,14-16H2,1H3. The van der Waals surface area contributed by atoms with Crippen molar-refractivity contribution in [3.8, 4) is 0 Å². The molecule has 34 heavy (non-hydrogen) atoms. The number of imidazole rings is 1. The van der Waals surface area contributed by atoms with Gasteiger partial charge in [-0.2, -0.15) is 8.42 Å². The Morgan fingerprint density at radius 3 is 2.71 bits per heavy atom. The van der Waals surface area contributed by atoms with Gasteiger partial charge < -0.3 is 14.0 Å². The molecule has 7 nitrogen and oxygen atoms in total. The summed E-state index contributed by atoms with van der Waals surface area (Å²) in [5.41, 5.74) is 1.96. The molecule has 4 rings (SSSR count). The molecule has 1 aliphatic rings. The molecule has 1 aromatic heterocycles. The Balaban J connectivity index is 1.39. The summed E-state index contributed by atoms with van der Waals surface area (Å²) in [7, 11) is -3.89. The van der Waals surface area contributed by atoms with Gasteiger partial charge in [0, 0.05) is 28.9 Å². The Bertz CT molecular complexity index is 1200. The first-order chi connectivity index (χ1) is 16.2. The molecule has 2 unspecified atom stereocenters. The van der Waals surface area contributed by atoms with Crippen molar-refractivity contribution >= 4 is 33.3 Å². The lowest BCUT2D eigenvalue weighted by atomic mass is 10.0. The number of ether oxygens (including phenoxy) is 2. The Kier molecular flexibility index (Phi) is 7.97. The average Bonchev–Trinajstić information content (AvgIpc) is 3.45. The molecule has 0 amide bonds. The Morgan fingerprint density at radius 2 is 2.00 bits per heavy atom. The zero-order chi connectivity index (χ0) is 24.2. The van der Waals surface area contributed by atoms with Gasteiger partial charge in [0.05, 0.1) is 31.0 Å². The maximum atomic E-state index is 12.5. The molecule has 0 saturated carbocycles. The van der Waals surface area contributed by atoms with E-state index in [0.29, 0.717) is 23.0 Å². The van der Waals surface area contributed by atoms with E-state index < -0.39 is 22.0 Å². The molecule has 1 saturated heterocycles. The first-order valence-corrected chi connectivity index (χ1v) is 13.1. The summed E-state index contributed by atoms with van der Waals surface area (Å²) in [4.78, 5) is 4.20. The van der Waals surface area contributed by atoms with Crippen molar-refractivity contribution in [2.45, 2.75) is 49.5 Å². The van der Waals surface area contributed by atoms with Crippen molar-refractivity contribution in [2.24, 2.45) is 0 Å². The van der Waals surface area contributed by atoms with E-state index in [4.69, 9.17) is 36.9 Å². The number of nitrogens with zero attached hydrogens (tertiary/aromatic N) is 2. The molecular formula is C24H26Cl2N2O5S.